The Balaban J connectivity index is 1.99. The largest absolute Gasteiger partial charge is 0.504 e. The number of aromatic hydroxyl groups is 1. The Labute approximate surface area is 218 Å². The van der Waals surface area contributed by atoms with Crippen LogP contribution in [0, 0.1) is 10.1 Å². The van der Waals surface area contributed by atoms with Gasteiger partial charge in [0.1, 0.15) is 18.0 Å². The van der Waals surface area contributed by atoms with Crippen LogP contribution in [0.1, 0.15) is 5.56 Å². The molecule has 0 aromatic heterocycles. The maximum atomic E-state index is 13.7. The number of hydrazone groups is 1. The summed E-state index contributed by atoms with van der Waals surface area (Å²) < 4.78 is 43.6. The van der Waals surface area contributed by atoms with Crippen LogP contribution in [0.15, 0.2) is 70.7 Å². The van der Waals surface area contributed by atoms with E-state index in [9.17, 15) is 28.4 Å². The SMILES string of the molecule is COc1ccc(N(CC(=O)N/N=C\c2ccc(O)c(OC)c2)S(=O)(=O)c2ccccc2[N+](=O)[O-])c(OC)c1. The number of nitrogens with one attached hydrogen (secondary N) is 1. The minimum Gasteiger partial charge on any atom is -0.504 e. The molecule has 0 heterocycles. The van der Waals surface area contributed by atoms with Crippen LogP contribution >= 0.6 is 0 Å². The number of phenolic OH excluding ortho intramolecular Hbond substituents is 1. The molecule has 0 aliphatic rings. The number of rotatable bonds is 11. The molecular weight excluding hydrogens is 520 g/mol. The Bertz CT molecular complexity index is 1480. The number of phenols is 1. The van der Waals surface area contributed by atoms with E-state index >= 15 is 0 Å². The van der Waals surface area contributed by atoms with Gasteiger partial charge in [-0.15, -0.1) is 0 Å². The first-order valence-electron chi connectivity index (χ1n) is 10.8. The van der Waals surface area contributed by atoms with Gasteiger partial charge in [-0.3, -0.25) is 19.2 Å². The van der Waals surface area contributed by atoms with Crippen molar-refractivity contribution in [3.63, 3.8) is 0 Å². The van der Waals surface area contributed by atoms with Gasteiger partial charge in [-0.25, -0.2) is 13.8 Å². The summed E-state index contributed by atoms with van der Waals surface area (Å²) in [5, 5.41) is 25.1. The molecule has 0 saturated carbocycles. The summed E-state index contributed by atoms with van der Waals surface area (Å²) in [5.41, 5.74) is 1.98. The fourth-order valence-electron chi connectivity index (χ4n) is 3.35. The number of para-hydroxylation sites is 1. The molecule has 0 aliphatic heterocycles. The maximum Gasteiger partial charge on any atom is 0.289 e. The molecule has 0 radical (unpaired) electrons. The topological polar surface area (TPSA) is 170 Å². The van der Waals surface area contributed by atoms with E-state index in [1.807, 2.05) is 0 Å². The number of nitro benzene ring substituents is 1. The molecule has 1 amide bonds. The van der Waals surface area contributed by atoms with Gasteiger partial charge in [0.2, 0.25) is 0 Å². The van der Waals surface area contributed by atoms with Crippen LogP contribution < -0.4 is 23.9 Å². The van der Waals surface area contributed by atoms with Gasteiger partial charge in [-0.05, 0) is 42.0 Å². The molecule has 14 heteroatoms. The Morgan fingerprint density at radius 2 is 1.76 bits per heavy atom. The predicted octanol–water partition coefficient (Wildman–Crippen LogP) is 2.67. The van der Waals surface area contributed by atoms with Gasteiger partial charge in [-0.1, -0.05) is 12.1 Å². The predicted molar refractivity (Wildman–Crippen MR) is 138 cm³/mol. The first kappa shape index (κ1) is 27.7. The molecule has 13 nitrogen and oxygen atoms in total. The quantitative estimate of drug-likeness (QED) is 0.209. The summed E-state index contributed by atoms with van der Waals surface area (Å²) >= 11 is 0. The highest BCUT2D eigenvalue weighted by atomic mass is 32.2. The first-order valence-corrected chi connectivity index (χ1v) is 12.2. The zero-order valence-corrected chi connectivity index (χ0v) is 21.3. The number of nitrogens with zero attached hydrogens (tertiary/aromatic N) is 3. The molecule has 0 unspecified atom stereocenters. The van der Waals surface area contributed by atoms with Crippen molar-refractivity contribution in [2.24, 2.45) is 5.10 Å². The number of nitro groups is 1. The van der Waals surface area contributed by atoms with Gasteiger partial charge >= 0.3 is 0 Å². The van der Waals surface area contributed by atoms with Crippen molar-refractivity contribution in [2.75, 3.05) is 32.2 Å². The third kappa shape index (κ3) is 6.10. The van der Waals surface area contributed by atoms with Gasteiger partial charge in [0.05, 0.1) is 38.2 Å². The van der Waals surface area contributed by atoms with E-state index in [-0.39, 0.29) is 22.9 Å². The molecule has 0 saturated heterocycles. The normalized spacial score (nSPS) is 11.1. The molecule has 2 N–H and O–H groups in total. The van der Waals surface area contributed by atoms with Crippen molar-refractivity contribution in [2.45, 2.75) is 4.90 Å². The molecule has 3 rings (SSSR count). The summed E-state index contributed by atoms with van der Waals surface area (Å²) in [7, 11) is -0.578. The van der Waals surface area contributed by atoms with Gasteiger partial charge < -0.3 is 19.3 Å². The van der Waals surface area contributed by atoms with E-state index in [1.54, 1.807) is 0 Å². The van der Waals surface area contributed by atoms with E-state index in [1.165, 1.54) is 76.1 Å². The fraction of sp³-hybridized carbons (Fsp3) is 0.167. The van der Waals surface area contributed by atoms with Gasteiger partial charge in [0, 0.05) is 12.1 Å². The smallest absolute Gasteiger partial charge is 0.289 e. The highest BCUT2D eigenvalue weighted by Crippen LogP contribution is 2.37. The highest BCUT2D eigenvalue weighted by molar-refractivity contribution is 7.93. The third-order valence-electron chi connectivity index (χ3n) is 5.18. The van der Waals surface area contributed by atoms with E-state index < -0.39 is 38.0 Å². The average molecular weight is 545 g/mol. The fourth-order valence-corrected chi connectivity index (χ4v) is 4.95. The van der Waals surface area contributed by atoms with Gasteiger partial charge in [0.25, 0.3) is 21.6 Å². The summed E-state index contributed by atoms with van der Waals surface area (Å²) in [5.74, 6) is -0.357. The molecule has 3 aromatic rings. The minimum atomic E-state index is -4.65. The Kier molecular flexibility index (Phi) is 8.70. The first-order chi connectivity index (χ1) is 18.1. The highest BCUT2D eigenvalue weighted by Gasteiger charge is 2.34. The van der Waals surface area contributed by atoms with Crippen LogP contribution in [0.5, 0.6) is 23.0 Å². The molecule has 0 aliphatic carbocycles. The van der Waals surface area contributed by atoms with Crippen molar-refractivity contribution in [3.8, 4) is 23.0 Å². The van der Waals surface area contributed by atoms with Crippen LogP contribution in [0.2, 0.25) is 0 Å². The second-order valence-corrected chi connectivity index (χ2v) is 9.33. The summed E-state index contributed by atoms with van der Waals surface area (Å²) in [4.78, 5) is 22.9. The van der Waals surface area contributed by atoms with E-state index in [4.69, 9.17) is 14.2 Å². The summed E-state index contributed by atoms with van der Waals surface area (Å²) in [6.07, 6.45) is 1.26. The number of methoxy groups -OCH3 is 3. The molecule has 3 aromatic carbocycles. The number of carbonyl (C=O) groups excluding carboxylic acids is 1. The molecule has 200 valence electrons. The van der Waals surface area contributed by atoms with E-state index in [0.29, 0.717) is 15.6 Å². The second kappa shape index (κ2) is 11.9. The monoisotopic (exact) mass is 544 g/mol. The lowest BCUT2D eigenvalue weighted by Gasteiger charge is -2.25. The molecule has 0 spiro atoms. The number of sulfonamides is 1. The Morgan fingerprint density at radius 1 is 1.05 bits per heavy atom. The van der Waals surface area contributed by atoms with Crippen molar-refractivity contribution in [3.05, 3.63) is 76.3 Å². The molecule has 0 fully saturated rings. The standard InChI is InChI=1S/C24H24N4O9S/c1-35-17-9-10-18(21(13-17)36-2)27(38(33,34)23-7-5-4-6-19(23)28(31)32)15-24(30)26-25-14-16-8-11-20(29)22(12-16)37-3/h4-14,29H,15H2,1-3H3,(H,26,30)/b25-14-. The molecule has 38 heavy (non-hydrogen) atoms. The average Bonchev–Trinajstić information content (AvgIpc) is 2.92. The minimum absolute atomic E-state index is 0.0407. The lowest BCUT2D eigenvalue weighted by Crippen LogP contribution is -2.40. The Hall–Kier alpha value is -4.85. The van der Waals surface area contributed by atoms with E-state index in [2.05, 4.69) is 10.5 Å². The zero-order chi connectivity index (χ0) is 27.9. The lowest BCUT2D eigenvalue weighted by molar-refractivity contribution is -0.387. The van der Waals surface area contributed by atoms with Crippen LogP contribution in [0.25, 0.3) is 0 Å². The van der Waals surface area contributed by atoms with Gasteiger partial charge in [-0.2, -0.15) is 5.10 Å². The van der Waals surface area contributed by atoms with E-state index in [0.717, 1.165) is 12.1 Å². The molecular formula is C24H24N4O9S. The van der Waals surface area contributed by atoms with Crippen molar-refractivity contribution < 1.29 is 37.5 Å². The number of carbonyl (C=O) groups is 1. The molecule has 0 atom stereocenters. The van der Waals surface area contributed by atoms with Gasteiger partial charge in [0.15, 0.2) is 16.4 Å². The van der Waals surface area contributed by atoms with Crippen molar-refractivity contribution in [1.82, 2.24) is 5.43 Å². The maximum absolute atomic E-state index is 13.7. The van der Waals surface area contributed by atoms with Crippen LogP contribution in [0.4, 0.5) is 11.4 Å². The van der Waals surface area contributed by atoms with Crippen LogP contribution in [0.3, 0.4) is 0 Å². The number of ether oxygens (including phenoxy) is 3. The van der Waals surface area contributed by atoms with Crippen molar-refractivity contribution in [1.29, 1.82) is 0 Å². The number of benzene rings is 3. The molecule has 0 bridgehead atoms. The van der Waals surface area contributed by atoms with Crippen molar-refractivity contribution >= 4 is 33.5 Å². The lowest BCUT2D eigenvalue weighted by atomic mass is 10.2. The van der Waals surface area contributed by atoms with Crippen LogP contribution in [-0.4, -0.2) is 58.4 Å². The summed E-state index contributed by atoms with van der Waals surface area (Å²) in [6, 6.07) is 13.4. The summed E-state index contributed by atoms with van der Waals surface area (Å²) in [6.45, 7) is -0.798. The Morgan fingerprint density at radius 3 is 2.42 bits per heavy atom. The number of hydrogen-bond acceptors (Lipinski definition) is 10. The third-order valence-corrected chi connectivity index (χ3v) is 6.99. The number of hydrogen-bond donors (Lipinski definition) is 2. The number of amides is 1. The van der Waals surface area contributed by atoms with Crippen LogP contribution in [-0.2, 0) is 14.8 Å². The zero-order valence-electron chi connectivity index (χ0n) is 20.5. The number of anilines is 1. The second-order valence-electron chi connectivity index (χ2n) is 7.50.